The first kappa shape index (κ1) is 21.9. The molecule has 1 heterocycles. The summed E-state index contributed by atoms with van der Waals surface area (Å²) in [6.07, 6.45) is -0.574. The summed E-state index contributed by atoms with van der Waals surface area (Å²) in [5.41, 5.74) is -0.137. The minimum Gasteiger partial charge on any atom is -0.409 e. The molecule has 1 aromatic carbocycles. The number of methoxy groups -OCH3 is 2. The number of hydrogen-bond donors (Lipinski definition) is 0. The molecule has 0 saturated carbocycles. The highest BCUT2D eigenvalue weighted by Crippen LogP contribution is 2.42. The summed E-state index contributed by atoms with van der Waals surface area (Å²) >= 11 is 1.67. The molecule has 1 aliphatic heterocycles. The second kappa shape index (κ2) is 8.75. The molecule has 2 rings (SSSR count). The fourth-order valence-electron chi connectivity index (χ4n) is 2.90. The summed E-state index contributed by atoms with van der Waals surface area (Å²) < 4.78 is 24.7. The van der Waals surface area contributed by atoms with Crippen molar-refractivity contribution in [3.05, 3.63) is 30.3 Å². The van der Waals surface area contributed by atoms with E-state index in [0.717, 1.165) is 4.90 Å². The Kier molecular flexibility index (Phi) is 7.38. The zero-order valence-electron chi connectivity index (χ0n) is 17.3. The van der Waals surface area contributed by atoms with Crippen LogP contribution in [0.4, 0.5) is 0 Å². The first-order valence-electron chi connectivity index (χ1n) is 9.21. The standard InChI is InChI=1S/C20H34O4SSi/c1-14-16(24-26(7,8)20(2,3)4)17(21-5)18(22-6)19(23-14)25-15-12-10-9-11-13-15/h9-14,16-19H,1-8H3/t14-,16+,17+,18-,19?/m0/s1. The van der Waals surface area contributed by atoms with Crippen LogP contribution in [0.5, 0.6) is 0 Å². The van der Waals surface area contributed by atoms with E-state index in [1.165, 1.54) is 0 Å². The maximum absolute atomic E-state index is 6.69. The molecule has 0 bridgehead atoms. The Hall–Kier alpha value is -0.373. The van der Waals surface area contributed by atoms with E-state index in [9.17, 15) is 0 Å². The van der Waals surface area contributed by atoms with E-state index in [-0.39, 0.29) is 34.9 Å². The van der Waals surface area contributed by atoms with Crippen LogP contribution in [0.2, 0.25) is 18.1 Å². The average molecular weight is 399 g/mol. The van der Waals surface area contributed by atoms with Crippen molar-refractivity contribution in [2.45, 2.75) is 80.6 Å². The highest BCUT2D eigenvalue weighted by molar-refractivity contribution is 7.99. The summed E-state index contributed by atoms with van der Waals surface area (Å²) in [7, 11) is 1.50. The Morgan fingerprint density at radius 3 is 2.04 bits per heavy atom. The lowest BCUT2D eigenvalue weighted by Crippen LogP contribution is -2.61. The zero-order chi connectivity index (χ0) is 19.5. The fourth-order valence-corrected chi connectivity index (χ4v) is 5.47. The van der Waals surface area contributed by atoms with Gasteiger partial charge >= 0.3 is 0 Å². The van der Waals surface area contributed by atoms with Gasteiger partial charge in [0, 0.05) is 19.1 Å². The molecular formula is C20H34O4SSi. The monoisotopic (exact) mass is 398 g/mol. The molecule has 4 nitrogen and oxygen atoms in total. The van der Waals surface area contributed by atoms with Crippen molar-refractivity contribution in [2.75, 3.05) is 14.2 Å². The third-order valence-electron chi connectivity index (χ3n) is 5.50. The van der Waals surface area contributed by atoms with Gasteiger partial charge in [-0.15, -0.1) is 0 Å². The molecule has 148 valence electrons. The van der Waals surface area contributed by atoms with Crippen molar-refractivity contribution in [3.8, 4) is 0 Å². The summed E-state index contributed by atoms with van der Waals surface area (Å²) in [5.74, 6) is 0. The topological polar surface area (TPSA) is 36.9 Å². The van der Waals surface area contributed by atoms with Crippen LogP contribution in [0, 0.1) is 0 Å². The van der Waals surface area contributed by atoms with Gasteiger partial charge in [0.25, 0.3) is 0 Å². The Morgan fingerprint density at radius 1 is 0.962 bits per heavy atom. The van der Waals surface area contributed by atoms with Crippen LogP contribution in [0.3, 0.4) is 0 Å². The summed E-state index contributed by atoms with van der Waals surface area (Å²) in [6, 6.07) is 10.3. The van der Waals surface area contributed by atoms with Gasteiger partial charge in [-0.1, -0.05) is 50.7 Å². The molecule has 1 aliphatic rings. The van der Waals surface area contributed by atoms with Gasteiger partial charge in [0.1, 0.15) is 17.6 Å². The van der Waals surface area contributed by atoms with Crippen molar-refractivity contribution < 1.29 is 18.6 Å². The lowest BCUT2D eigenvalue weighted by molar-refractivity contribution is -0.204. The second-order valence-corrected chi connectivity index (χ2v) is 14.3. The largest absolute Gasteiger partial charge is 0.409 e. The van der Waals surface area contributed by atoms with Gasteiger partial charge in [0.15, 0.2) is 8.32 Å². The molecule has 0 spiro atoms. The van der Waals surface area contributed by atoms with Crippen molar-refractivity contribution in [2.24, 2.45) is 0 Å². The third-order valence-corrected chi connectivity index (χ3v) is 11.1. The Morgan fingerprint density at radius 2 is 1.54 bits per heavy atom. The lowest BCUT2D eigenvalue weighted by Gasteiger charge is -2.48. The van der Waals surface area contributed by atoms with Crippen LogP contribution in [0.15, 0.2) is 35.2 Å². The molecule has 6 heteroatoms. The summed E-state index contributed by atoms with van der Waals surface area (Å²) in [6.45, 7) is 13.3. The van der Waals surface area contributed by atoms with Crippen molar-refractivity contribution in [1.82, 2.24) is 0 Å². The minimum atomic E-state index is -1.95. The van der Waals surface area contributed by atoms with E-state index in [2.05, 4.69) is 52.9 Å². The average Bonchev–Trinajstić information content (AvgIpc) is 2.56. The SMILES string of the molecule is CO[C@@H]1[C@H](O[Si](C)(C)C(C)(C)C)[C@H](C)OC(Sc2ccccc2)[C@H]1OC. The molecule has 0 N–H and O–H groups in total. The Balaban J connectivity index is 2.21. The number of hydrogen-bond acceptors (Lipinski definition) is 5. The molecule has 1 fully saturated rings. The lowest BCUT2D eigenvalue weighted by atomic mass is 10.0. The van der Waals surface area contributed by atoms with Crippen molar-refractivity contribution >= 4 is 20.1 Å². The number of benzene rings is 1. The molecule has 0 aliphatic carbocycles. The van der Waals surface area contributed by atoms with Gasteiger partial charge in [0.2, 0.25) is 0 Å². The molecular weight excluding hydrogens is 364 g/mol. The molecule has 1 aromatic rings. The summed E-state index contributed by atoms with van der Waals surface area (Å²) in [4.78, 5) is 1.16. The van der Waals surface area contributed by atoms with Gasteiger partial charge in [-0.2, -0.15) is 0 Å². The van der Waals surface area contributed by atoms with E-state index in [1.807, 2.05) is 18.2 Å². The van der Waals surface area contributed by atoms with Crippen LogP contribution in [0.1, 0.15) is 27.7 Å². The van der Waals surface area contributed by atoms with Crippen LogP contribution >= 0.6 is 11.8 Å². The quantitative estimate of drug-likeness (QED) is 0.634. The molecule has 1 saturated heterocycles. The highest BCUT2D eigenvalue weighted by atomic mass is 32.2. The van der Waals surface area contributed by atoms with Crippen LogP contribution in [0.25, 0.3) is 0 Å². The minimum absolute atomic E-state index is 0.0679. The van der Waals surface area contributed by atoms with E-state index < -0.39 is 8.32 Å². The van der Waals surface area contributed by atoms with Gasteiger partial charge in [-0.3, -0.25) is 0 Å². The maximum Gasteiger partial charge on any atom is 0.192 e. The van der Waals surface area contributed by atoms with E-state index in [1.54, 1.807) is 26.0 Å². The molecule has 5 atom stereocenters. The predicted octanol–water partition coefficient (Wildman–Crippen LogP) is 4.94. The number of rotatable bonds is 6. The smallest absolute Gasteiger partial charge is 0.192 e. The first-order chi connectivity index (χ1) is 12.1. The van der Waals surface area contributed by atoms with E-state index in [4.69, 9.17) is 18.6 Å². The molecule has 0 aromatic heterocycles. The zero-order valence-corrected chi connectivity index (χ0v) is 19.1. The van der Waals surface area contributed by atoms with E-state index >= 15 is 0 Å². The third kappa shape index (κ3) is 4.91. The van der Waals surface area contributed by atoms with Crippen LogP contribution < -0.4 is 0 Å². The first-order valence-corrected chi connectivity index (χ1v) is 13.0. The second-order valence-electron chi connectivity index (χ2n) is 8.38. The Bertz CT molecular complexity index is 561. The van der Waals surface area contributed by atoms with Gasteiger partial charge in [-0.25, -0.2) is 0 Å². The van der Waals surface area contributed by atoms with Crippen LogP contribution in [-0.4, -0.2) is 52.4 Å². The van der Waals surface area contributed by atoms with Gasteiger partial charge < -0.3 is 18.6 Å². The van der Waals surface area contributed by atoms with E-state index in [0.29, 0.717) is 0 Å². The number of ether oxygens (including phenoxy) is 3. The van der Waals surface area contributed by atoms with Gasteiger partial charge in [0.05, 0.1) is 12.2 Å². The van der Waals surface area contributed by atoms with Crippen molar-refractivity contribution in [1.29, 1.82) is 0 Å². The normalized spacial score (nSPS) is 30.4. The summed E-state index contributed by atoms with van der Waals surface area (Å²) in [5, 5.41) is 0.128. The molecule has 1 unspecified atom stereocenters. The van der Waals surface area contributed by atoms with Crippen molar-refractivity contribution in [3.63, 3.8) is 0 Å². The maximum atomic E-state index is 6.69. The molecule has 0 amide bonds. The molecule has 0 radical (unpaired) electrons. The number of thioether (sulfide) groups is 1. The van der Waals surface area contributed by atoms with Crippen LogP contribution in [-0.2, 0) is 18.6 Å². The fraction of sp³-hybridized carbons (Fsp3) is 0.700. The van der Waals surface area contributed by atoms with Gasteiger partial charge in [-0.05, 0) is 37.2 Å². The molecule has 26 heavy (non-hydrogen) atoms. The predicted molar refractivity (Wildman–Crippen MR) is 110 cm³/mol. The highest BCUT2D eigenvalue weighted by Gasteiger charge is 2.50. The Labute approximate surface area is 164 Å².